The predicted molar refractivity (Wildman–Crippen MR) is 92.3 cm³/mol. The molecule has 0 fully saturated rings. The van der Waals surface area contributed by atoms with E-state index in [-0.39, 0.29) is 12.9 Å². The van der Waals surface area contributed by atoms with E-state index in [9.17, 15) is 4.57 Å². The number of nitrogen functional groups attached to an aromatic ring is 1. The van der Waals surface area contributed by atoms with Crippen molar-refractivity contribution < 1.29 is 18.3 Å². The van der Waals surface area contributed by atoms with Gasteiger partial charge in [0.05, 0.1) is 19.0 Å². The van der Waals surface area contributed by atoms with Gasteiger partial charge < -0.3 is 19.6 Å². The van der Waals surface area contributed by atoms with Gasteiger partial charge in [0.2, 0.25) is 0 Å². The lowest BCUT2D eigenvalue weighted by molar-refractivity contribution is -0.0340. The van der Waals surface area contributed by atoms with E-state index in [1.807, 2.05) is 17.6 Å². The molecule has 0 aliphatic carbocycles. The first-order valence-electron chi connectivity index (χ1n) is 7.56. The molecule has 132 valence electrons. The largest absolute Gasteiger partial charge is 0.426 e. The summed E-state index contributed by atoms with van der Waals surface area (Å²) in [6.45, 7) is 2.20. The van der Waals surface area contributed by atoms with Crippen molar-refractivity contribution in [2.75, 3.05) is 12.5 Å². The van der Waals surface area contributed by atoms with Crippen LogP contribution in [-0.2, 0) is 20.4 Å². The SMILES string of the molecule is C[C@H](Cn1cnc2c(N)ncnc21)OCO[PH](=O)Oc1ccccc1. The fourth-order valence-electron chi connectivity index (χ4n) is 2.17. The molecule has 0 saturated heterocycles. The Morgan fingerprint density at radius 1 is 1.24 bits per heavy atom. The topological polar surface area (TPSA) is 114 Å². The van der Waals surface area contributed by atoms with Gasteiger partial charge >= 0.3 is 8.25 Å². The van der Waals surface area contributed by atoms with E-state index < -0.39 is 8.25 Å². The third kappa shape index (κ3) is 4.54. The maximum atomic E-state index is 11.7. The van der Waals surface area contributed by atoms with Crippen molar-refractivity contribution in [2.45, 2.75) is 19.6 Å². The number of imidazole rings is 1. The van der Waals surface area contributed by atoms with Crippen molar-refractivity contribution in [3.8, 4) is 5.75 Å². The Kier molecular flexibility index (Phi) is 5.60. The van der Waals surface area contributed by atoms with E-state index in [4.69, 9.17) is 19.5 Å². The van der Waals surface area contributed by atoms with Crippen molar-refractivity contribution in [1.82, 2.24) is 19.5 Å². The Labute approximate surface area is 144 Å². The molecule has 1 unspecified atom stereocenters. The minimum atomic E-state index is -2.67. The summed E-state index contributed by atoms with van der Waals surface area (Å²) >= 11 is 0. The van der Waals surface area contributed by atoms with E-state index in [0.717, 1.165) is 0 Å². The zero-order valence-corrected chi connectivity index (χ0v) is 14.5. The molecular formula is C15H18N5O4P. The Balaban J connectivity index is 1.47. The number of para-hydroxylation sites is 1. The monoisotopic (exact) mass is 363 g/mol. The van der Waals surface area contributed by atoms with Crippen molar-refractivity contribution >= 4 is 25.2 Å². The summed E-state index contributed by atoms with van der Waals surface area (Å²) in [5.41, 5.74) is 6.93. The summed E-state index contributed by atoms with van der Waals surface area (Å²) in [6, 6.07) is 8.82. The van der Waals surface area contributed by atoms with Gasteiger partial charge in [-0.15, -0.1) is 0 Å². The van der Waals surface area contributed by atoms with E-state index in [1.165, 1.54) is 6.33 Å². The van der Waals surface area contributed by atoms with Gasteiger partial charge in [0.25, 0.3) is 0 Å². The first-order valence-corrected chi connectivity index (χ1v) is 8.78. The number of hydrogen-bond acceptors (Lipinski definition) is 8. The lowest BCUT2D eigenvalue weighted by atomic mass is 10.3. The van der Waals surface area contributed by atoms with Crippen LogP contribution in [0.5, 0.6) is 5.75 Å². The molecular weight excluding hydrogens is 345 g/mol. The molecule has 0 spiro atoms. The minimum Gasteiger partial charge on any atom is -0.426 e. The van der Waals surface area contributed by atoms with E-state index in [2.05, 4.69) is 15.0 Å². The van der Waals surface area contributed by atoms with Gasteiger partial charge in [0, 0.05) is 0 Å². The van der Waals surface area contributed by atoms with Crippen LogP contribution in [0.2, 0.25) is 0 Å². The summed E-state index contributed by atoms with van der Waals surface area (Å²) in [7, 11) is -2.67. The van der Waals surface area contributed by atoms with Gasteiger partial charge in [-0.05, 0) is 19.1 Å². The highest BCUT2D eigenvalue weighted by Crippen LogP contribution is 2.27. The molecule has 0 saturated carbocycles. The number of nitrogens with zero attached hydrogens (tertiary/aromatic N) is 4. The molecule has 25 heavy (non-hydrogen) atoms. The standard InChI is InChI=1S/C15H18N5O4P/c1-11(7-20-9-19-13-14(16)17-8-18-15(13)20)22-10-23-25(21)24-12-5-3-2-4-6-12/h2-6,8-9,11,25H,7,10H2,1H3,(H2,16,17,18)/t11-/m1/s1. The molecule has 2 heterocycles. The number of hydrogen-bond donors (Lipinski definition) is 1. The van der Waals surface area contributed by atoms with Crippen LogP contribution < -0.4 is 10.3 Å². The summed E-state index contributed by atoms with van der Waals surface area (Å²) in [4.78, 5) is 12.3. The molecule has 0 bridgehead atoms. The van der Waals surface area contributed by atoms with Crippen molar-refractivity contribution in [3.63, 3.8) is 0 Å². The summed E-state index contributed by atoms with van der Waals surface area (Å²) in [6.07, 6.45) is 2.79. The Morgan fingerprint density at radius 2 is 2.04 bits per heavy atom. The fourth-order valence-corrected chi connectivity index (χ4v) is 2.73. The van der Waals surface area contributed by atoms with Gasteiger partial charge in [-0.25, -0.2) is 19.5 Å². The van der Waals surface area contributed by atoms with Gasteiger partial charge in [-0.1, -0.05) is 18.2 Å². The highest BCUT2D eigenvalue weighted by atomic mass is 31.1. The van der Waals surface area contributed by atoms with Gasteiger partial charge in [0.15, 0.2) is 18.3 Å². The molecule has 2 aromatic heterocycles. The second-order valence-electron chi connectivity index (χ2n) is 5.23. The van der Waals surface area contributed by atoms with Crippen LogP contribution >= 0.6 is 8.25 Å². The molecule has 9 nitrogen and oxygen atoms in total. The first-order chi connectivity index (χ1) is 12.1. The summed E-state index contributed by atoms with van der Waals surface area (Å²) in [5, 5.41) is 0. The Hall–Kier alpha value is -2.48. The lowest BCUT2D eigenvalue weighted by Crippen LogP contribution is -2.17. The number of nitrogens with two attached hydrogens (primary N) is 1. The van der Waals surface area contributed by atoms with Crippen LogP contribution in [0.15, 0.2) is 43.0 Å². The lowest BCUT2D eigenvalue weighted by Gasteiger charge is -2.14. The fraction of sp³-hybridized carbons (Fsp3) is 0.267. The number of aromatic nitrogens is 4. The molecule has 1 aromatic carbocycles. The minimum absolute atomic E-state index is 0.143. The number of ether oxygens (including phenoxy) is 1. The second kappa shape index (κ2) is 8.06. The van der Waals surface area contributed by atoms with Crippen molar-refractivity contribution in [3.05, 3.63) is 43.0 Å². The van der Waals surface area contributed by atoms with E-state index >= 15 is 0 Å². The number of rotatable bonds is 8. The number of anilines is 1. The van der Waals surface area contributed by atoms with Gasteiger partial charge in [-0.3, -0.25) is 4.52 Å². The van der Waals surface area contributed by atoms with Crippen LogP contribution in [0, 0.1) is 0 Å². The highest BCUT2D eigenvalue weighted by Gasteiger charge is 2.11. The maximum absolute atomic E-state index is 11.7. The molecule has 10 heteroatoms. The molecule has 0 amide bonds. The third-order valence-electron chi connectivity index (χ3n) is 3.36. The van der Waals surface area contributed by atoms with Crippen molar-refractivity contribution in [2.24, 2.45) is 0 Å². The van der Waals surface area contributed by atoms with E-state index in [0.29, 0.717) is 29.3 Å². The summed E-state index contributed by atoms with van der Waals surface area (Å²) < 4.78 is 29.3. The average molecular weight is 363 g/mol. The zero-order chi connectivity index (χ0) is 17.6. The normalized spacial score (nSPS) is 13.6. The molecule has 0 radical (unpaired) electrons. The number of benzene rings is 1. The van der Waals surface area contributed by atoms with Gasteiger partial charge in [-0.2, -0.15) is 0 Å². The van der Waals surface area contributed by atoms with Crippen LogP contribution in [0.25, 0.3) is 11.2 Å². The molecule has 3 aromatic rings. The Bertz CT molecular complexity index is 858. The molecule has 2 N–H and O–H groups in total. The van der Waals surface area contributed by atoms with Crippen LogP contribution in [-0.4, -0.2) is 32.4 Å². The molecule has 0 aliphatic rings. The predicted octanol–water partition coefficient (Wildman–Crippen LogP) is 2.26. The molecule has 2 atom stereocenters. The van der Waals surface area contributed by atoms with Crippen molar-refractivity contribution in [1.29, 1.82) is 0 Å². The van der Waals surface area contributed by atoms with Crippen LogP contribution in [0.4, 0.5) is 5.82 Å². The van der Waals surface area contributed by atoms with Gasteiger partial charge in [0.1, 0.15) is 17.6 Å². The molecule has 0 aliphatic heterocycles. The summed E-state index contributed by atoms with van der Waals surface area (Å²) in [5.74, 6) is 0.818. The quantitative estimate of drug-likeness (QED) is 0.479. The zero-order valence-electron chi connectivity index (χ0n) is 13.5. The Morgan fingerprint density at radius 3 is 2.84 bits per heavy atom. The highest BCUT2D eigenvalue weighted by molar-refractivity contribution is 7.33. The second-order valence-corrected chi connectivity index (χ2v) is 6.23. The number of fused-ring (bicyclic) bond motifs is 1. The maximum Gasteiger partial charge on any atom is 0.369 e. The van der Waals surface area contributed by atoms with Crippen LogP contribution in [0.3, 0.4) is 0 Å². The average Bonchev–Trinajstić information content (AvgIpc) is 3.00. The third-order valence-corrected chi connectivity index (χ3v) is 4.11. The first kappa shape index (κ1) is 17.3. The molecule has 3 rings (SSSR count). The van der Waals surface area contributed by atoms with Crippen LogP contribution in [0.1, 0.15) is 6.92 Å². The smallest absolute Gasteiger partial charge is 0.369 e. The van der Waals surface area contributed by atoms with E-state index in [1.54, 1.807) is 30.6 Å².